The van der Waals surface area contributed by atoms with Gasteiger partial charge in [-0.2, -0.15) is 0 Å². The molecule has 128 valence electrons. The summed E-state index contributed by atoms with van der Waals surface area (Å²) in [5.74, 6) is 1.01. The van der Waals surface area contributed by atoms with Gasteiger partial charge in [-0.05, 0) is 69.3 Å². The SMILES string of the molecule is CCCCN1CCC2(CC1)CCN(c1ccccc1OC)CC2. The Morgan fingerprint density at radius 1 is 1.00 bits per heavy atom. The molecule has 3 heteroatoms. The average molecular weight is 316 g/mol. The minimum absolute atomic E-state index is 0.612. The van der Waals surface area contributed by atoms with Crippen LogP contribution in [-0.4, -0.2) is 44.7 Å². The lowest BCUT2D eigenvalue weighted by Crippen LogP contribution is -2.47. The van der Waals surface area contributed by atoms with E-state index in [0.29, 0.717) is 5.41 Å². The first-order valence-electron chi connectivity index (χ1n) is 9.37. The Hall–Kier alpha value is -1.22. The summed E-state index contributed by atoms with van der Waals surface area (Å²) in [5.41, 5.74) is 1.88. The Morgan fingerprint density at radius 2 is 1.65 bits per heavy atom. The van der Waals surface area contributed by atoms with Crippen molar-refractivity contribution in [2.45, 2.75) is 45.4 Å². The van der Waals surface area contributed by atoms with Crippen molar-refractivity contribution in [3.05, 3.63) is 24.3 Å². The molecule has 0 amide bonds. The van der Waals surface area contributed by atoms with Crippen molar-refractivity contribution < 1.29 is 4.74 Å². The highest BCUT2D eigenvalue weighted by molar-refractivity contribution is 5.58. The van der Waals surface area contributed by atoms with Gasteiger partial charge in [0.2, 0.25) is 0 Å². The van der Waals surface area contributed by atoms with Crippen LogP contribution >= 0.6 is 0 Å². The first kappa shape index (κ1) is 16.6. The third-order valence-electron chi connectivity index (χ3n) is 5.99. The van der Waals surface area contributed by atoms with E-state index in [9.17, 15) is 0 Å². The van der Waals surface area contributed by atoms with Gasteiger partial charge in [0, 0.05) is 13.1 Å². The van der Waals surface area contributed by atoms with Crippen molar-refractivity contribution in [1.29, 1.82) is 0 Å². The molecule has 2 fully saturated rings. The Morgan fingerprint density at radius 3 is 2.30 bits per heavy atom. The van der Waals surface area contributed by atoms with Gasteiger partial charge < -0.3 is 14.5 Å². The number of nitrogens with zero attached hydrogens (tertiary/aromatic N) is 2. The van der Waals surface area contributed by atoms with E-state index in [1.165, 1.54) is 76.9 Å². The molecule has 0 unspecified atom stereocenters. The molecule has 2 aliphatic heterocycles. The smallest absolute Gasteiger partial charge is 0.142 e. The standard InChI is InChI=1S/C20H32N2O/c1-3-4-13-21-14-9-20(10-15-21)11-16-22(17-12-20)18-7-5-6-8-19(18)23-2/h5-8H,3-4,9-17H2,1-2H3. The molecule has 2 heterocycles. The van der Waals surface area contributed by atoms with E-state index in [-0.39, 0.29) is 0 Å². The van der Waals surface area contributed by atoms with E-state index in [1.807, 2.05) is 0 Å². The molecule has 1 spiro atoms. The van der Waals surface area contributed by atoms with Gasteiger partial charge in [-0.25, -0.2) is 0 Å². The predicted octanol–water partition coefficient (Wildman–Crippen LogP) is 4.18. The normalized spacial score (nSPS) is 21.6. The number of hydrogen-bond donors (Lipinski definition) is 0. The molecule has 3 nitrogen and oxygen atoms in total. The van der Waals surface area contributed by atoms with Crippen molar-refractivity contribution in [3.8, 4) is 5.75 Å². The summed E-state index contributed by atoms with van der Waals surface area (Å²) >= 11 is 0. The summed E-state index contributed by atoms with van der Waals surface area (Å²) in [6, 6.07) is 8.45. The number of piperidine rings is 2. The molecule has 0 bridgehead atoms. The zero-order valence-electron chi connectivity index (χ0n) is 14.9. The monoisotopic (exact) mass is 316 g/mol. The fourth-order valence-corrected chi connectivity index (χ4v) is 4.25. The van der Waals surface area contributed by atoms with Crippen LogP contribution in [0, 0.1) is 5.41 Å². The molecule has 0 aliphatic carbocycles. The molecule has 3 rings (SSSR count). The van der Waals surface area contributed by atoms with Crippen LogP contribution in [0.4, 0.5) is 5.69 Å². The van der Waals surface area contributed by atoms with Crippen LogP contribution < -0.4 is 9.64 Å². The van der Waals surface area contributed by atoms with Gasteiger partial charge in [0.05, 0.1) is 12.8 Å². The third-order valence-corrected chi connectivity index (χ3v) is 5.99. The van der Waals surface area contributed by atoms with E-state index in [2.05, 4.69) is 41.0 Å². The summed E-state index contributed by atoms with van der Waals surface area (Å²) in [4.78, 5) is 5.20. The lowest BCUT2D eigenvalue weighted by Gasteiger charge is -2.47. The highest BCUT2D eigenvalue weighted by Crippen LogP contribution is 2.43. The highest BCUT2D eigenvalue weighted by atomic mass is 16.5. The minimum Gasteiger partial charge on any atom is -0.495 e. The lowest BCUT2D eigenvalue weighted by atomic mass is 9.71. The van der Waals surface area contributed by atoms with Crippen molar-refractivity contribution >= 4 is 5.69 Å². The first-order valence-corrected chi connectivity index (χ1v) is 9.37. The first-order chi connectivity index (χ1) is 11.3. The van der Waals surface area contributed by atoms with E-state index in [1.54, 1.807) is 7.11 Å². The third kappa shape index (κ3) is 3.82. The summed E-state index contributed by atoms with van der Waals surface area (Å²) in [5, 5.41) is 0. The number of unbranched alkanes of at least 4 members (excludes halogenated alkanes) is 1. The van der Waals surface area contributed by atoms with Crippen LogP contribution in [0.15, 0.2) is 24.3 Å². The molecule has 0 N–H and O–H groups in total. The summed E-state index contributed by atoms with van der Waals surface area (Å²) in [7, 11) is 1.77. The van der Waals surface area contributed by atoms with Crippen molar-refractivity contribution in [2.24, 2.45) is 5.41 Å². The van der Waals surface area contributed by atoms with Crippen molar-refractivity contribution in [1.82, 2.24) is 4.90 Å². The van der Waals surface area contributed by atoms with E-state index < -0.39 is 0 Å². The van der Waals surface area contributed by atoms with Gasteiger partial charge in [-0.15, -0.1) is 0 Å². The number of para-hydroxylation sites is 2. The van der Waals surface area contributed by atoms with Gasteiger partial charge in [-0.3, -0.25) is 0 Å². The minimum atomic E-state index is 0.612. The Bertz CT molecular complexity index is 484. The number of methoxy groups -OCH3 is 1. The number of hydrogen-bond acceptors (Lipinski definition) is 3. The molecule has 0 radical (unpaired) electrons. The topological polar surface area (TPSA) is 15.7 Å². The summed E-state index contributed by atoms with van der Waals surface area (Å²) in [6.45, 7) is 8.58. The Balaban J connectivity index is 1.55. The molecule has 0 aromatic heterocycles. The van der Waals surface area contributed by atoms with E-state index in [0.717, 1.165) is 5.75 Å². The molecule has 23 heavy (non-hydrogen) atoms. The second-order valence-corrected chi connectivity index (χ2v) is 7.35. The molecule has 1 aromatic carbocycles. The number of ether oxygens (including phenoxy) is 1. The van der Waals surface area contributed by atoms with E-state index >= 15 is 0 Å². The maximum Gasteiger partial charge on any atom is 0.142 e. The molecule has 1 aromatic rings. The van der Waals surface area contributed by atoms with Crippen LogP contribution in [0.2, 0.25) is 0 Å². The van der Waals surface area contributed by atoms with Crippen molar-refractivity contribution in [3.63, 3.8) is 0 Å². The number of rotatable bonds is 5. The molecular formula is C20H32N2O. The van der Waals surface area contributed by atoms with Gasteiger partial charge >= 0.3 is 0 Å². The highest BCUT2D eigenvalue weighted by Gasteiger charge is 2.37. The summed E-state index contributed by atoms with van der Waals surface area (Å²) in [6.07, 6.45) is 8.15. The molecule has 2 saturated heterocycles. The average Bonchev–Trinajstić information content (AvgIpc) is 2.62. The second-order valence-electron chi connectivity index (χ2n) is 7.35. The van der Waals surface area contributed by atoms with Crippen molar-refractivity contribution in [2.75, 3.05) is 44.7 Å². The molecular weight excluding hydrogens is 284 g/mol. The van der Waals surface area contributed by atoms with Crippen LogP contribution in [0.3, 0.4) is 0 Å². The van der Waals surface area contributed by atoms with Gasteiger partial charge in [0.25, 0.3) is 0 Å². The summed E-state index contributed by atoms with van der Waals surface area (Å²) < 4.78 is 5.54. The quantitative estimate of drug-likeness (QED) is 0.810. The largest absolute Gasteiger partial charge is 0.495 e. The van der Waals surface area contributed by atoms with E-state index in [4.69, 9.17) is 4.74 Å². The molecule has 0 atom stereocenters. The number of likely N-dealkylation sites (tertiary alicyclic amines) is 1. The fourth-order valence-electron chi connectivity index (χ4n) is 4.25. The second kappa shape index (κ2) is 7.57. The lowest BCUT2D eigenvalue weighted by molar-refractivity contribution is 0.0791. The number of anilines is 1. The van der Waals surface area contributed by atoms with Gasteiger partial charge in [-0.1, -0.05) is 25.5 Å². The number of benzene rings is 1. The maximum atomic E-state index is 5.54. The van der Waals surface area contributed by atoms with Gasteiger partial charge in [0.1, 0.15) is 5.75 Å². The Kier molecular flexibility index (Phi) is 5.47. The van der Waals surface area contributed by atoms with Crippen LogP contribution in [0.25, 0.3) is 0 Å². The zero-order valence-corrected chi connectivity index (χ0v) is 14.9. The molecule has 0 saturated carbocycles. The van der Waals surface area contributed by atoms with Crippen LogP contribution in [0.5, 0.6) is 5.75 Å². The predicted molar refractivity (Wildman–Crippen MR) is 97.5 cm³/mol. The van der Waals surface area contributed by atoms with Gasteiger partial charge in [0.15, 0.2) is 0 Å². The van der Waals surface area contributed by atoms with Crippen LogP contribution in [0.1, 0.15) is 45.4 Å². The fraction of sp³-hybridized carbons (Fsp3) is 0.700. The Labute approximate surface area is 141 Å². The van der Waals surface area contributed by atoms with Crippen LogP contribution in [-0.2, 0) is 0 Å². The zero-order chi connectivity index (χ0) is 16.1. The molecule has 2 aliphatic rings. The maximum absolute atomic E-state index is 5.54.